The van der Waals surface area contributed by atoms with E-state index < -0.39 is 10.0 Å². The molecule has 1 atom stereocenters. The highest BCUT2D eigenvalue weighted by Gasteiger charge is 2.26. The molecule has 0 spiro atoms. The molecule has 5 nitrogen and oxygen atoms in total. The first-order valence-electron chi connectivity index (χ1n) is 6.96. The molecule has 2 aliphatic heterocycles. The van der Waals surface area contributed by atoms with Crippen LogP contribution in [0.5, 0.6) is 0 Å². The number of sulfonamides is 1. The maximum Gasteiger partial charge on any atom is 0.243 e. The lowest BCUT2D eigenvalue weighted by molar-refractivity contribution is 0.0457. The maximum atomic E-state index is 12.5. The van der Waals surface area contributed by atoms with Crippen LogP contribution in [-0.4, -0.2) is 25.8 Å². The molecule has 1 aromatic carbocycles. The lowest BCUT2D eigenvalue weighted by atomic mass is 10.1. The van der Waals surface area contributed by atoms with Crippen molar-refractivity contribution in [2.75, 3.05) is 13.1 Å². The molecule has 1 N–H and O–H groups in total. The highest BCUT2D eigenvalue weighted by molar-refractivity contribution is 9.11. The SMILES string of the molecule is O=S(=O)(c1ccc([C@@H]2C=C(Br)NO2)cc1)N1CCCCC1. The third kappa shape index (κ3) is 3.15. The molecule has 1 fully saturated rings. The van der Waals surface area contributed by atoms with Crippen LogP contribution >= 0.6 is 15.9 Å². The fourth-order valence-electron chi connectivity index (χ4n) is 2.57. The molecular formula is C14H17BrN2O3S. The van der Waals surface area contributed by atoms with Gasteiger partial charge in [-0.1, -0.05) is 18.6 Å². The zero-order chi connectivity index (χ0) is 14.9. The van der Waals surface area contributed by atoms with Gasteiger partial charge in [0.05, 0.1) is 4.90 Å². The standard InChI is InChI=1S/C14H17BrN2O3S/c15-14-10-13(20-16-14)11-4-6-12(7-5-11)21(18,19)17-8-2-1-3-9-17/h4-7,10,13,16H,1-3,8-9H2/t13-/m0/s1. The van der Waals surface area contributed by atoms with Crippen molar-refractivity contribution in [1.82, 2.24) is 9.79 Å². The molecule has 1 aromatic rings. The van der Waals surface area contributed by atoms with Gasteiger partial charge in [0.15, 0.2) is 0 Å². The van der Waals surface area contributed by atoms with Crippen molar-refractivity contribution in [3.63, 3.8) is 0 Å². The van der Waals surface area contributed by atoms with Gasteiger partial charge in [-0.2, -0.15) is 4.31 Å². The van der Waals surface area contributed by atoms with Crippen LogP contribution in [0.3, 0.4) is 0 Å². The molecule has 0 unspecified atom stereocenters. The molecule has 0 aromatic heterocycles. The first-order valence-corrected chi connectivity index (χ1v) is 9.20. The van der Waals surface area contributed by atoms with E-state index in [9.17, 15) is 8.42 Å². The number of benzene rings is 1. The molecule has 1 saturated heterocycles. The minimum Gasteiger partial charge on any atom is -0.263 e. The van der Waals surface area contributed by atoms with Crippen molar-refractivity contribution in [3.05, 3.63) is 40.5 Å². The summed E-state index contributed by atoms with van der Waals surface area (Å²) in [5, 5.41) is 0. The van der Waals surface area contributed by atoms with Gasteiger partial charge in [0.1, 0.15) is 10.7 Å². The summed E-state index contributed by atoms with van der Waals surface area (Å²) in [6, 6.07) is 6.90. The summed E-state index contributed by atoms with van der Waals surface area (Å²) >= 11 is 3.30. The zero-order valence-corrected chi connectivity index (χ0v) is 13.9. The monoisotopic (exact) mass is 372 g/mol. The van der Waals surface area contributed by atoms with E-state index in [1.807, 2.05) is 6.08 Å². The summed E-state index contributed by atoms with van der Waals surface area (Å²) in [6.45, 7) is 1.24. The van der Waals surface area contributed by atoms with Crippen LogP contribution in [-0.2, 0) is 14.9 Å². The van der Waals surface area contributed by atoms with E-state index in [0.29, 0.717) is 18.0 Å². The van der Waals surface area contributed by atoms with E-state index in [2.05, 4.69) is 21.4 Å². The van der Waals surface area contributed by atoms with E-state index in [4.69, 9.17) is 4.84 Å². The van der Waals surface area contributed by atoms with Crippen LogP contribution in [0.1, 0.15) is 30.9 Å². The summed E-state index contributed by atoms with van der Waals surface area (Å²) in [4.78, 5) is 5.69. The van der Waals surface area contributed by atoms with Gasteiger partial charge in [-0.3, -0.25) is 10.3 Å². The second-order valence-corrected chi connectivity index (χ2v) is 7.98. The van der Waals surface area contributed by atoms with Crippen LogP contribution < -0.4 is 5.48 Å². The quantitative estimate of drug-likeness (QED) is 0.828. The van der Waals surface area contributed by atoms with Crippen LogP contribution in [0.25, 0.3) is 0 Å². The summed E-state index contributed by atoms with van der Waals surface area (Å²) in [6.07, 6.45) is 4.67. The molecule has 0 bridgehead atoms. The number of halogens is 1. The lowest BCUT2D eigenvalue weighted by Crippen LogP contribution is -2.35. The number of hydrogen-bond donors (Lipinski definition) is 1. The van der Waals surface area contributed by atoms with Crippen LogP contribution in [0.4, 0.5) is 0 Å². The fourth-order valence-corrected chi connectivity index (χ4v) is 4.42. The van der Waals surface area contributed by atoms with Crippen LogP contribution in [0.2, 0.25) is 0 Å². The minimum absolute atomic E-state index is 0.203. The Morgan fingerprint density at radius 2 is 1.81 bits per heavy atom. The number of nitrogens with zero attached hydrogens (tertiary/aromatic N) is 1. The second kappa shape index (κ2) is 6.08. The number of nitrogens with one attached hydrogen (secondary N) is 1. The molecule has 0 radical (unpaired) electrons. The Hall–Kier alpha value is -0.890. The van der Waals surface area contributed by atoms with Gasteiger partial charge < -0.3 is 0 Å². The Balaban J connectivity index is 1.80. The third-order valence-corrected chi connectivity index (χ3v) is 6.08. The van der Waals surface area contributed by atoms with Gasteiger partial charge in [-0.25, -0.2) is 8.42 Å². The predicted molar refractivity (Wildman–Crippen MR) is 83.0 cm³/mol. The van der Waals surface area contributed by atoms with Crippen molar-refractivity contribution in [2.45, 2.75) is 30.3 Å². The summed E-state index contributed by atoms with van der Waals surface area (Å²) < 4.78 is 27.4. The maximum absolute atomic E-state index is 12.5. The topological polar surface area (TPSA) is 58.6 Å². The van der Waals surface area contributed by atoms with Crippen molar-refractivity contribution in [2.24, 2.45) is 0 Å². The number of hydrogen-bond acceptors (Lipinski definition) is 4. The van der Waals surface area contributed by atoms with Crippen LogP contribution in [0.15, 0.2) is 39.8 Å². The summed E-state index contributed by atoms with van der Waals surface area (Å²) in [5.41, 5.74) is 3.63. The van der Waals surface area contributed by atoms with Crippen molar-refractivity contribution < 1.29 is 13.3 Å². The van der Waals surface area contributed by atoms with E-state index in [1.165, 1.54) is 0 Å². The molecule has 2 heterocycles. The van der Waals surface area contributed by atoms with Gasteiger partial charge in [-0.15, -0.1) is 0 Å². The molecule has 21 heavy (non-hydrogen) atoms. The largest absolute Gasteiger partial charge is 0.263 e. The summed E-state index contributed by atoms with van der Waals surface area (Å²) in [7, 11) is -3.36. The Morgan fingerprint density at radius 1 is 1.14 bits per heavy atom. The predicted octanol–water partition coefficient (Wildman–Crippen LogP) is 2.67. The van der Waals surface area contributed by atoms with Gasteiger partial charge >= 0.3 is 0 Å². The van der Waals surface area contributed by atoms with Crippen molar-refractivity contribution in [3.8, 4) is 0 Å². The molecule has 0 aliphatic carbocycles. The second-order valence-electron chi connectivity index (χ2n) is 5.19. The van der Waals surface area contributed by atoms with Crippen LogP contribution in [0, 0.1) is 0 Å². The first kappa shape index (κ1) is 15.0. The zero-order valence-electron chi connectivity index (χ0n) is 11.5. The highest BCUT2D eigenvalue weighted by atomic mass is 79.9. The van der Waals surface area contributed by atoms with E-state index in [0.717, 1.165) is 29.4 Å². The van der Waals surface area contributed by atoms with E-state index in [-0.39, 0.29) is 6.10 Å². The highest BCUT2D eigenvalue weighted by Crippen LogP contribution is 2.28. The Kier molecular flexibility index (Phi) is 4.35. The molecule has 114 valence electrons. The summed E-state index contributed by atoms with van der Waals surface area (Å²) in [5.74, 6) is 0. The Bertz CT molecular complexity index is 637. The molecule has 0 amide bonds. The molecule has 2 aliphatic rings. The fraction of sp³-hybridized carbons (Fsp3) is 0.429. The normalized spacial score (nSPS) is 23.7. The third-order valence-electron chi connectivity index (χ3n) is 3.74. The lowest BCUT2D eigenvalue weighted by Gasteiger charge is -2.26. The number of hydroxylamine groups is 1. The van der Waals surface area contributed by atoms with Gasteiger partial charge in [-0.05, 0) is 52.5 Å². The Morgan fingerprint density at radius 3 is 2.38 bits per heavy atom. The van der Waals surface area contributed by atoms with Gasteiger partial charge in [0.25, 0.3) is 0 Å². The first-order chi connectivity index (χ1) is 10.1. The average Bonchev–Trinajstić information content (AvgIpc) is 2.95. The van der Waals surface area contributed by atoms with Gasteiger partial charge in [0, 0.05) is 13.1 Å². The molecular weight excluding hydrogens is 356 g/mol. The molecule has 7 heteroatoms. The van der Waals surface area contributed by atoms with E-state index in [1.54, 1.807) is 28.6 Å². The number of piperidine rings is 1. The molecule has 0 saturated carbocycles. The smallest absolute Gasteiger partial charge is 0.243 e. The average molecular weight is 373 g/mol. The van der Waals surface area contributed by atoms with Gasteiger partial charge in [0.2, 0.25) is 10.0 Å². The van der Waals surface area contributed by atoms with E-state index >= 15 is 0 Å². The minimum atomic E-state index is -3.36. The number of rotatable bonds is 3. The Labute approximate surface area is 133 Å². The van der Waals surface area contributed by atoms with Crippen molar-refractivity contribution in [1.29, 1.82) is 0 Å². The molecule has 3 rings (SSSR count). The van der Waals surface area contributed by atoms with Crippen molar-refractivity contribution >= 4 is 26.0 Å².